The molecular weight excluding hydrogens is 488 g/mol. The summed E-state index contributed by atoms with van der Waals surface area (Å²) in [7, 11) is 1.71. The SMILES string of the molecule is C=CC(=O)Nc1ccc(Oc2c(C)cccc2C)c(-c2cn(C)c(=O)c3sc(-c4nnc(C)o4)cc23)c1. The van der Waals surface area contributed by atoms with Crippen LogP contribution in [0.4, 0.5) is 5.69 Å². The Balaban J connectivity index is 1.75. The number of para-hydroxylation sites is 1. The lowest BCUT2D eigenvalue weighted by atomic mass is 10.0. The number of nitrogens with zero attached hydrogens (tertiary/aromatic N) is 3. The Morgan fingerprint density at radius 1 is 1.11 bits per heavy atom. The summed E-state index contributed by atoms with van der Waals surface area (Å²) in [5.41, 5.74) is 3.87. The molecule has 0 saturated carbocycles. The van der Waals surface area contributed by atoms with Crippen LogP contribution in [-0.2, 0) is 11.8 Å². The van der Waals surface area contributed by atoms with Gasteiger partial charge >= 0.3 is 0 Å². The summed E-state index contributed by atoms with van der Waals surface area (Å²) in [6.45, 7) is 9.23. The molecule has 2 aromatic carbocycles. The Hall–Kier alpha value is -4.50. The Morgan fingerprint density at radius 2 is 1.86 bits per heavy atom. The van der Waals surface area contributed by atoms with E-state index in [1.165, 1.54) is 22.0 Å². The minimum Gasteiger partial charge on any atom is -0.456 e. The fourth-order valence-electron chi connectivity index (χ4n) is 4.12. The van der Waals surface area contributed by atoms with Gasteiger partial charge in [0, 0.05) is 42.4 Å². The summed E-state index contributed by atoms with van der Waals surface area (Å²) >= 11 is 1.29. The molecule has 3 aromatic heterocycles. The lowest BCUT2D eigenvalue weighted by Gasteiger charge is -2.17. The van der Waals surface area contributed by atoms with Crippen molar-refractivity contribution in [2.75, 3.05) is 5.32 Å². The average molecular weight is 513 g/mol. The van der Waals surface area contributed by atoms with Crippen molar-refractivity contribution in [3.63, 3.8) is 0 Å². The van der Waals surface area contributed by atoms with E-state index in [1.54, 1.807) is 26.2 Å². The number of carbonyl (C=O) groups is 1. The number of benzene rings is 2. The molecule has 0 spiro atoms. The first-order valence-electron chi connectivity index (χ1n) is 11.5. The van der Waals surface area contributed by atoms with Crippen LogP contribution in [0.5, 0.6) is 11.5 Å². The molecule has 0 fully saturated rings. The van der Waals surface area contributed by atoms with Gasteiger partial charge in [-0.2, -0.15) is 0 Å². The second-order valence-corrected chi connectivity index (χ2v) is 9.72. The van der Waals surface area contributed by atoms with Crippen LogP contribution in [0, 0.1) is 20.8 Å². The topological polar surface area (TPSA) is 99.2 Å². The Morgan fingerprint density at radius 3 is 2.54 bits per heavy atom. The van der Waals surface area contributed by atoms with E-state index in [0.717, 1.165) is 27.8 Å². The maximum Gasteiger partial charge on any atom is 0.268 e. The van der Waals surface area contributed by atoms with Crippen LogP contribution < -0.4 is 15.6 Å². The summed E-state index contributed by atoms with van der Waals surface area (Å²) in [4.78, 5) is 25.8. The van der Waals surface area contributed by atoms with Crippen molar-refractivity contribution in [1.82, 2.24) is 14.8 Å². The van der Waals surface area contributed by atoms with Crippen molar-refractivity contribution in [3.05, 3.63) is 88.7 Å². The van der Waals surface area contributed by atoms with Gasteiger partial charge in [0.15, 0.2) is 0 Å². The highest BCUT2D eigenvalue weighted by atomic mass is 32.1. The van der Waals surface area contributed by atoms with E-state index in [1.807, 2.05) is 50.2 Å². The second-order valence-electron chi connectivity index (χ2n) is 8.67. The number of ether oxygens (including phenoxy) is 1. The summed E-state index contributed by atoms with van der Waals surface area (Å²) in [6.07, 6.45) is 2.98. The van der Waals surface area contributed by atoms with E-state index in [9.17, 15) is 9.59 Å². The molecule has 0 aliphatic heterocycles. The van der Waals surface area contributed by atoms with E-state index in [-0.39, 0.29) is 11.5 Å². The fraction of sp³-hybridized carbons (Fsp3) is 0.143. The third-order valence-corrected chi connectivity index (χ3v) is 7.05. The van der Waals surface area contributed by atoms with E-state index < -0.39 is 0 Å². The first-order valence-corrected chi connectivity index (χ1v) is 12.3. The van der Waals surface area contributed by atoms with Crippen LogP contribution >= 0.6 is 11.3 Å². The van der Waals surface area contributed by atoms with Gasteiger partial charge in [-0.15, -0.1) is 21.5 Å². The smallest absolute Gasteiger partial charge is 0.268 e. The molecular formula is C28H24N4O4S. The lowest BCUT2D eigenvalue weighted by molar-refractivity contribution is -0.111. The zero-order valence-corrected chi connectivity index (χ0v) is 21.6. The molecule has 0 radical (unpaired) electrons. The minimum absolute atomic E-state index is 0.139. The van der Waals surface area contributed by atoms with E-state index in [2.05, 4.69) is 22.1 Å². The number of amides is 1. The van der Waals surface area contributed by atoms with Crippen molar-refractivity contribution >= 4 is 33.0 Å². The van der Waals surface area contributed by atoms with Gasteiger partial charge in [-0.25, -0.2) is 0 Å². The van der Waals surface area contributed by atoms with Crippen molar-refractivity contribution in [2.45, 2.75) is 20.8 Å². The molecule has 8 nitrogen and oxygen atoms in total. The molecule has 5 rings (SSSR count). The fourth-order valence-corrected chi connectivity index (χ4v) is 5.20. The zero-order valence-electron chi connectivity index (χ0n) is 20.8. The maximum absolute atomic E-state index is 13.1. The van der Waals surface area contributed by atoms with Crippen LogP contribution in [-0.4, -0.2) is 20.7 Å². The number of hydrogen-bond acceptors (Lipinski definition) is 7. The normalized spacial score (nSPS) is 11.0. The number of nitrogens with one attached hydrogen (secondary N) is 1. The molecule has 0 atom stereocenters. The van der Waals surface area contributed by atoms with Crippen LogP contribution in [0.25, 0.3) is 32.0 Å². The number of aryl methyl sites for hydroxylation is 4. The number of aromatic nitrogens is 3. The largest absolute Gasteiger partial charge is 0.456 e. The van der Waals surface area contributed by atoms with E-state index >= 15 is 0 Å². The van der Waals surface area contributed by atoms with E-state index in [0.29, 0.717) is 38.4 Å². The van der Waals surface area contributed by atoms with Crippen molar-refractivity contribution in [1.29, 1.82) is 0 Å². The van der Waals surface area contributed by atoms with Gasteiger partial charge in [-0.05, 0) is 55.3 Å². The quantitative estimate of drug-likeness (QED) is 0.274. The van der Waals surface area contributed by atoms with Gasteiger partial charge in [0.1, 0.15) is 16.2 Å². The standard InChI is InChI=1S/C28H24N4O4S/c1-6-24(33)29-18-10-11-22(36-25-15(2)8-7-9-16(25)3)19(12-18)21-14-32(5)28(34)26-20(21)13-23(37-26)27-31-30-17(4)35-27/h6-14H,1H2,2-5H3,(H,29,33). The molecule has 5 aromatic rings. The third-order valence-electron chi connectivity index (χ3n) is 5.94. The number of pyridine rings is 1. The van der Waals surface area contributed by atoms with Crippen LogP contribution in [0.3, 0.4) is 0 Å². The van der Waals surface area contributed by atoms with Crippen LogP contribution in [0.15, 0.2) is 70.5 Å². The highest BCUT2D eigenvalue weighted by Gasteiger charge is 2.20. The van der Waals surface area contributed by atoms with Gasteiger partial charge in [-0.1, -0.05) is 24.8 Å². The van der Waals surface area contributed by atoms with Crippen molar-refractivity contribution in [3.8, 4) is 33.4 Å². The Bertz CT molecular complexity index is 1720. The van der Waals surface area contributed by atoms with Gasteiger partial charge in [0.05, 0.1) is 4.88 Å². The highest BCUT2D eigenvalue weighted by Crippen LogP contribution is 2.42. The summed E-state index contributed by atoms with van der Waals surface area (Å²) in [5, 5.41) is 11.6. The Kier molecular flexibility index (Phi) is 6.22. The van der Waals surface area contributed by atoms with Gasteiger partial charge < -0.3 is 19.0 Å². The van der Waals surface area contributed by atoms with Gasteiger partial charge in [0.25, 0.3) is 11.4 Å². The molecule has 0 aliphatic carbocycles. The molecule has 1 N–H and O–H groups in total. The van der Waals surface area contributed by atoms with Gasteiger partial charge in [-0.3, -0.25) is 9.59 Å². The molecule has 0 bridgehead atoms. The number of hydrogen-bond donors (Lipinski definition) is 1. The molecule has 37 heavy (non-hydrogen) atoms. The minimum atomic E-state index is -0.329. The molecule has 186 valence electrons. The molecule has 0 saturated heterocycles. The van der Waals surface area contributed by atoms with E-state index in [4.69, 9.17) is 9.15 Å². The number of thiophene rings is 1. The summed E-state index contributed by atoms with van der Waals surface area (Å²) in [6, 6.07) is 13.2. The lowest BCUT2D eigenvalue weighted by Crippen LogP contribution is -2.15. The second kappa shape index (κ2) is 9.51. The average Bonchev–Trinajstić information content (AvgIpc) is 3.51. The van der Waals surface area contributed by atoms with Crippen molar-refractivity contribution < 1.29 is 13.9 Å². The summed E-state index contributed by atoms with van der Waals surface area (Å²) in [5.74, 6) is 1.79. The number of rotatable bonds is 6. The highest BCUT2D eigenvalue weighted by molar-refractivity contribution is 7.22. The first kappa shape index (κ1) is 24.2. The predicted octanol–water partition coefficient (Wildman–Crippen LogP) is 6.16. The number of fused-ring (bicyclic) bond motifs is 1. The molecule has 0 aliphatic rings. The molecule has 0 unspecified atom stereocenters. The van der Waals surface area contributed by atoms with Gasteiger partial charge in [0.2, 0.25) is 11.8 Å². The monoisotopic (exact) mass is 512 g/mol. The van der Waals surface area contributed by atoms with Crippen LogP contribution in [0.1, 0.15) is 17.0 Å². The molecule has 3 heterocycles. The first-order chi connectivity index (χ1) is 17.7. The molecule has 9 heteroatoms. The zero-order chi connectivity index (χ0) is 26.3. The number of anilines is 1. The maximum atomic E-state index is 13.1. The number of carbonyl (C=O) groups excluding carboxylic acids is 1. The van der Waals surface area contributed by atoms with Crippen molar-refractivity contribution in [2.24, 2.45) is 7.05 Å². The Labute approximate surface area is 216 Å². The third kappa shape index (κ3) is 4.56. The predicted molar refractivity (Wildman–Crippen MR) is 145 cm³/mol. The summed E-state index contributed by atoms with van der Waals surface area (Å²) < 4.78 is 14.2. The molecule has 1 amide bonds. The van der Waals surface area contributed by atoms with Crippen LogP contribution in [0.2, 0.25) is 0 Å².